The molecule has 1 aliphatic rings. The Morgan fingerprint density at radius 3 is 1.57 bits per heavy atom. The van der Waals surface area contributed by atoms with Crippen LogP contribution in [0.3, 0.4) is 0 Å². The molecule has 5 aromatic rings. The van der Waals surface area contributed by atoms with Crippen molar-refractivity contribution in [3.05, 3.63) is 168 Å². The molecule has 5 aromatic carbocycles. The molecule has 1 heterocycles. The van der Waals surface area contributed by atoms with Crippen LogP contribution >= 0.6 is 11.8 Å². The molecule has 53 heavy (non-hydrogen) atoms. The average Bonchev–Trinajstić information content (AvgIpc) is 3.19. The molecule has 6 rings (SSSR count). The number of hydrogen-bond donors (Lipinski definition) is 0. The summed E-state index contributed by atoms with van der Waals surface area (Å²) in [5.74, 6) is 0.311. The summed E-state index contributed by atoms with van der Waals surface area (Å²) in [6.45, 7) is 9.76. The molecule has 0 spiro atoms. The topological polar surface area (TPSA) is 63.2 Å². The number of esters is 1. The van der Waals surface area contributed by atoms with Crippen LogP contribution in [0.25, 0.3) is 0 Å². The molecule has 0 saturated carbocycles. The third kappa shape index (κ3) is 9.38. The van der Waals surface area contributed by atoms with Crippen LogP contribution in [0, 0.1) is 0 Å². The molecule has 8 heteroatoms. The third-order valence-corrected chi connectivity index (χ3v) is 15.7. The van der Waals surface area contributed by atoms with Crippen LogP contribution in [0.15, 0.2) is 152 Å². The Balaban J connectivity index is 1.41. The first-order valence-electron chi connectivity index (χ1n) is 18.4. The van der Waals surface area contributed by atoms with Gasteiger partial charge in [-0.05, 0) is 44.4 Å². The van der Waals surface area contributed by atoms with Crippen LogP contribution in [0.1, 0.15) is 49.2 Å². The summed E-state index contributed by atoms with van der Waals surface area (Å²) in [4.78, 5) is 13.7. The molecular weight excluding hydrogens is 697 g/mol. The minimum atomic E-state index is -2.94. The number of ether oxygens (including phenoxy) is 4. The fraction of sp³-hybridized carbons (Fsp3) is 0.311. The zero-order valence-corrected chi connectivity index (χ0v) is 32.8. The highest BCUT2D eigenvalue weighted by Crippen LogP contribution is 2.39. The van der Waals surface area contributed by atoms with Crippen molar-refractivity contribution in [2.75, 3.05) is 12.4 Å². The van der Waals surface area contributed by atoms with E-state index in [9.17, 15) is 4.79 Å². The van der Waals surface area contributed by atoms with Gasteiger partial charge in [0.05, 0.1) is 25.4 Å². The quantitative estimate of drug-likeness (QED) is 0.0788. The number of carbonyl (C=O) groups excluding carboxylic acids is 1. The van der Waals surface area contributed by atoms with Gasteiger partial charge in [-0.1, -0.05) is 167 Å². The van der Waals surface area contributed by atoms with Gasteiger partial charge in [-0.2, -0.15) is 0 Å². The Hall–Kier alpha value is -4.02. The fourth-order valence-corrected chi connectivity index (χ4v) is 12.6. The lowest BCUT2D eigenvalue weighted by molar-refractivity contribution is -0.238. The van der Waals surface area contributed by atoms with Crippen LogP contribution in [-0.2, 0) is 36.6 Å². The molecule has 0 unspecified atom stereocenters. The van der Waals surface area contributed by atoms with E-state index in [4.69, 9.17) is 23.4 Å². The highest BCUT2D eigenvalue weighted by atomic mass is 32.2. The summed E-state index contributed by atoms with van der Waals surface area (Å²) in [5.41, 5.74) is 1.96. The van der Waals surface area contributed by atoms with Gasteiger partial charge in [0.25, 0.3) is 8.32 Å². The number of carbonyl (C=O) groups is 1. The van der Waals surface area contributed by atoms with Gasteiger partial charge in [-0.25, -0.2) is 4.79 Å². The number of benzene rings is 5. The Morgan fingerprint density at radius 2 is 1.09 bits per heavy atom. The van der Waals surface area contributed by atoms with Crippen LogP contribution < -0.4 is 10.4 Å². The predicted molar refractivity (Wildman–Crippen MR) is 216 cm³/mol. The standard InChI is InChI=1S/C45H50O6SSi/c1-5-52-44-42(51-43(46)36-25-15-8-16-26-36)41(48-32-35-23-13-7-14-24-35)40(47-31-34-21-11-6-12-22-34)39(50-44)33-49-53(45(2,3)4,37-27-17-9-18-28-37)38-29-19-10-20-30-38/h6-30,39-42,44H,5,31-33H2,1-4H3/t39-,40-,41+,42+,44-/m1/s1. The van der Waals surface area contributed by atoms with E-state index in [-0.39, 0.29) is 11.6 Å². The second-order valence-corrected chi connectivity index (χ2v) is 19.9. The highest BCUT2D eigenvalue weighted by Gasteiger charge is 2.54. The summed E-state index contributed by atoms with van der Waals surface area (Å²) < 4.78 is 34.6. The molecule has 0 radical (unpaired) electrons. The molecular formula is C45H50O6SSi. The van der Waals surface area contributed by atoms with Crippen molar-refractivity contribution in [2.45, 2.75) is 75.8 Å². The molecule has 5 atom stereocenters. The molecule has 0 aliphatic carbocycles. The lowest BCUT2D eigenvalue weighted by Gasteiger charge is -2.48. The van der Waals surface area contributed by atoms with Crippen molar-refractivity contribution < 1.29 is 28.2 Å². The summed E-state index contributed by atoms with van der Waals surface area (Å²) in [6.07, 6.45) is -2.62. The summed E-state index contributed by atoms with van der Waals surface area (Å²) in [6, 6.07) is 50.4. The molecule has 0 bridgehead atoms. The van der Waals surface area contributed by atoms with Crippen molar-refractivity contribution in [3.8, 4) is 0 Å². The van der Waals surface area contributed by atoms with Crippen molar-refractivity contribution in [1.29, 1.82) is 0 Å². The monoisotopic (exact) mass is 746 g/mol. The SMILES string of the molecule is CCS[C@H]1O[C@H](CO[Si](c2ccccc2)(c2ccccc2)C(C)(C)C)[C@@H](OCc2ccccc2)[C@H](OCc2ccccc2)[C@@H]1OC(=O)c1ccccc1. The number of rotatable bonds is 15. The maximum absolute atomic E-state index is 13.7. The highest BCUT2D eigenvalue weighted by molar-refractivity contribution is 7.99. The predicted octanol–water partition coefficient (Wildman–Crippen LogP) is 8.44. The van der Waals surface area contributed by atoms with Crippen LogP contribution in [0.4, 0.5) is 0 Å². The van der Waals surface area contributed by atoms with E-state index in [1.54, 1.807) is 23.9 Å². The van der Waals surface area contributed by atoms with Crippen molar-refractivity contribution in [3.63, 3.8) is 0 Å². The average molecular weight is 747 g/mol. The van der Waals surface area contributed by atoms with E-state index in [1.807, 2.05) is 91.0 Å². The minimum Gasteiger partial charge on any atom is -0.452 e. The van der Waals surface area contributed by atoms with E-state index >= 15 is 0 Å². The molecule has 276 valence electrons. The molecule has 1 saturated heterocycles. The van der Waals surface area contributed by atoms with Gasteiger partial charge in [0.15, 0.2) is 6.10 Å². The van der Waals surface area contributed by atoms with Crippen molar-refractivity contribution >= 4 is 36.4 Å². The Bertz CT molecular complexity index is 1780. The largest absolute Gasteiger partial charge is 0.452 e. The number of hydrogen-bond acceptors (Lipinski definition) is 7. The van der Waals surface area contributed by atoms with Gasteiger partial charge in [0.2, 0.25) is 0 Å². The third-order valence-electron chi connectivity index (χ3n) is 9.63. The van der Waals surface area contributed by atoms with E-state index in [0.717, 1.165) is 16.9 Å². The van der Waals surface area contributed by atoms with E-state index in [1.165, 1.54) is 10.4 Å². The second-order valence-electron chi connectivity index (χ2n) is 14.2. The maximum Gasteiger partial charge on any atom is 0.338 e. The summed E-state index contributed by atoms with van der Waals surface area (Å²) in [7, 11) is -2.94. The van der Waals surface area contributed by atoms with E-state index < -0.39 is 44.1 Å². The Labute approximate surface area is 319 Å². The Morgan fingerprint density at radius 1 is 0.642 bits per heavy atom. The van der Waals surface area contributed by atoms with E-state index in [2.05, 4.69) is 76.2 Å². The Kier molecular flexibility index (Phi) is 13.4. The molecule has 0 aromatic heterocycles. The molecule has 0 N–H and O–H groups in total. The molecule has 6 nitrogen and oxygen atoms in total. The molecule has 0 amide bonds. The van der Waals surface area contributed by atoms with Gasteiger partial charge in [0, 0.05) is 0 Å². The molecule has 1 aliphatic heterocycles. The smallest absolute Gasteiger partial charge is 0.338 e. The van der Waals surface area contributed by atoms with E-state index in [0.29, 0.717) is 18.8 Å². The minimum absolute atomic E-state index is 0.237. The van der Waals surface area contributed by atoms with Gasteiger partial charge in [0.1, 0.15) is 23.7 Å². The number of thioether (sulfide) groups is 1. The normalized spacial score (nSPS) is 20.5. The van der Waals surface area contributed by atoms with Crippen molar-refractivity contribution in [2.24, 2.45) is 0 Å². The van der Waals surface area contributed by atoms with Crippen molar-refractivity contribution in [1.82, 2.24) is 0 Å². The first-order chi connectivity index (χ1) is 25.8. The fourth-order valence-electron chi connectivity index (χ4n) is 7.10. The second kappa shape index (κ2) is 18.3. The van der Waals surface area contributed by atoms with Gasteiger partial charge >= 0.3 is 5.97 Å². The zero-order chi connectivity index (χ0) is 37.1. The van der Waals surface area contributed by atoms with Crippen LogP contribution in [0.2, 0.25) is 5.04 Å². The van der Waals surface area contributed by atoms with Crippen LogP contribution in [0.5, 0.6) is 0 Å². The van der Waals surface area contributed by atoms with Gasteiger partial charge in [-0.15, -0.1) is 11.8 Å². The van der Waals surface area contributed by atoms with Gasteiger partial charge < -0.3 is 23.4 Å². The summed E-state index contributed by atoms with van der Waals surface area (Å²) in [5, 5.41) is 2.13. The van der Waals surface area contributed by atoms with Gasteiger partial charge in [-0.3, -0.25) is 0 Å². The first-order valence-corrected chi connectivity index (χ1v) is 21.3. The molecule has 1 fully saturated rings. The lowest BCUT2D eigenvalue weighted by Crippen LogP contribution is -2.68. The zero-order valence-electron chi connectivity index (χ0n) is 31.0. The summed E-state index contributed by atoms with van der Waals surface area (Å²) >= 11 is 1.60. The van der Waals surface area contributed by atoms with Crippen LogP contribution in [-0.4, -0.2) is 56.5 Å². The first kappa shape index (κ1) is 38.7. The lowest BCUT2D eigenvalue weighted by atomic mass is 9.99. The maximum atomic E-state index is 13.7.